The predicted molar refractivity (Wildman–Crippen MR) is 87.5 cm³/mol. The van der Waals surface area contributed by atoms with Crippen molar-refractivity contribution in [2.75, 3.05) is 19.0 Å². The normalized spacial score (nSPS) is 10.9. The van der Waals surface area contributed by atoms with E-state index in [1.54, 1.807) is 0 Å². The van der Waals surface area contributed by atoms with E-state index in [9.17, 15) is 0 Å². The van der Waals surface area contributed by atoms with Crippen molar-refractivity contribution in [2.24, 2.45) is 0 Å². The molecule has 0 aliphatic heterocycles. The fourth-order valence-electron chi connectivity index (χ4n) is 2.48. The van der Waals surface area contributed by atoms with E-state index < -0.39 is 0 Å². The number of anilines is 1. The van der Waals surface area contributed by atoms with Gasteiger partial charge in [0.1, 0.15) is 0 Å². The van der Waals surface area contributed by atoms with Gasteiger partial charge in [-0.15, -0.1) is 0 Å². The summed E-state index contributed by atoms with van der Waals surface area (Å²) < 4.78 is 2.83. The van der Waals surface area contributed by atoms with E-state index in [-0.39, 0.29) is 0 Å². The van der Waals surface area contributed by atoms with Crippen LogP contribution >= 0.6 is 12.2 Å². The molecule has 4 heteroatoms. The Balaban J connectivity index is 2.24. The van der Waals surface area contributed by atoms with Crippen LogP contribution in [0.3, 0.4) is 0 Å². The Kier molecular flexibility index (Phi) is 3.10. The Morgan fingerprint density at radius 3 is 2.40 bits per heavy atom. The number of aromatic amines is 1. The van der Waals surface area contributed by atoms with Crippen LogP contribution in [0.25, 0.3) is 16.7 Å². The Morgan fingerprint density at radius 1 is 1.05 bits per heavy atom. The van der Waals surface area contributed by atoms with E-state index in [1.165, 1.54) is 11.3 Å². The molecule has 20 heavy (non-hydrogen) atoms. The zero-order valence-corrected chi connectivity index (χ0v) is 12.7. The lowest BCUT2D eigenvalue weighted by molar-refractivity contribution is 1.05. The molecule has 0 bridgehead atoms. The zero-order chi connectivity index (χ0) is 14.3. The highest BCUT2D eigenvalue weighted by Crippen LogP contribution is 2.24. The first-order valence-corrected chi connectivity index (χ1v) is 6.97. The predicted octanol–water partition coefficient (Wildman–Crippen LogP) is 4.06. The molecule has 0 saturated carbocycles. The minimum atomic E-state index is 0.729. The summed E-state index contributed by atoms with van der Waals surface area (Å²) in [6.07, 6.45) is 0. The van der Waals surface area contributed by atoms with Crippen LogP contribution < -0.4 is 4.90 Å². The van der Waals surface area contributed by atoms with E-state index in [1.807, 2.05) is 20.2 Å². The van der Waals surface area contributed by atoms with Crippen molar-refractivity contribution in [1.29, 1.82) is 0 Å². The molecule has 1 heterocycles. The number of aryl methyl sites for hydroxylation is 1. The average Bonchev–Trinajstić information content (AvgIpc) is 2.76. The van der Waals surface area contributed by atoms with Gasteiger partial charge in [0.05, 0.1) is 11.0 Å². The number of hydrogen-bond donors (Lipinski definition) is 1. The fraction of sp³-hybridized carbons (Fsp3) is 0.188. The average molecular weight is 283 g/mol. The zero-order valence-electron chi connectivity index (χ0n) is 11.8. The van der Waals surface area contributed by atoms with E-state index in [4.69, 9.17) is 12.2 Å². The smallest absolute Gasteiger partial charge is 0.182 e. The maximum absolute atomic E-state index is 5.48. The van der Waals surface area contributed by atoms with Gasteiger partial charge in [0.15, 0.2) is 4.77 Å². The molecule has 2 aromatic carbocycles. The van der Waals surface area contributed by atoms with Crippen molar-refractivity contribution in [1.82, 2.24) is 9.55 Å². The molecule has 0 saturated heterocycles. The number of imidazole rings is 1. The highest BCUT2D eigenvalue weighted by Gasteiger charge is 2.08. The molecule has 3 rings (SSSR count). The minimum absolute atomic E-state index is 0.729. The molecule has 1 N–H and O–H groups in total. The maximum atomic E-state index is 5.48. The van der Waals surface area contributed by atoms with Gasteiger partial charge >= 0.3 is 0 Å². The van der Waals surface area contributed by atoms with Crippen molar-refractivity contribution in [3.05, 3.63) is 52.8 Å². The number of hydrogen-bond acceptors (Lipinski definition) is 2. The van der Waals surface area contributed by atoms with E-state index in [2.05, 4.69) is 57.8 Å². The third-order valence-corrected chi connectivity index (χ3v) is 3.81. The van der Waals surface area contributed by atoms with Gasteiger partial charge in [-0.3, -0.25) is 4.57 Å². The third kappa shape index (κ3) is 2.02. The molecule has 0 unspecified atom stereocenters. The highest BCUT2D eigenvalue weighted by atomic mass is 32.1. The Hall–Kier alpha value is -2.07. The number of aromatic nitrogens is 2. The van der Waals surface area contributed by atoms with Crippen molar-refractivity contribution < 1.29 is 0 Å². The number of nitrogens with one attached hydrogen (secondary N) is 1. The van der Waals surface area contributed by atoms with Crippen LogP contribution in [0.5, 0.6) is 0 Å². The molecule has 0 amide bonds. The Labute approximate surface area is 123 Å². The maximum Gasteiger partial charge on any atom is 0.182 e. The molecule has 0 spiro atoms. The van der Waals surface area contributed by atoms with Gasteiger partial charge in [0.25, 0.3) is 0 Å². The van der Waals surface area contributed by atoms with Gasteiger partial charge in [0.2, 0.25) is 0 Å². The molecule has 1 aromatic heterocycles. The van der Waals surface area contributed by atoms with Gasteiger partial charge in [-0.25, -0.2) is 0 Å². The summed E-state index contributed by atoms with van der Waals surface area (Å²) >= 11 is 5.48. The standard InChI is InChI=1S/C16H17N3S/c1-11-5-4-6-14-15(11)19(16(20)17-14)13-9-7-12(8-10-13)18(2)3/h4-10H,1-3H3,(H,17,20). The summed E-state index contributed by atoms with van der Waals surface area (Å²) in [4.78, 5) is 5.36. The highest BCUT2D eigenvalue weighted by molar-refractivity contribution is 7.71. The number of para-hydroxylation sites is 1. The second-order valence-corrected chi connectivity index (χ2v) is 5.53. The lowest BCUT2D eigenvalue weighted by atomic mass is 10.2. The molecule has 0 radical (unpaired) electrons. The minimum Gasteiger partial charge on any atom is -0.378 e. The Morgan fingerprint density at radius 2 is 1.75 bits per heavy atom. The van der Waals surface area contributed by atoms with Gasteiger partial charge < -0.3 is 9.88 Å². The van der Waals surface area contributed by atoms with Crippen molar-refractivity contribution in [2.45, 2.75) is 6.92 Å². The Bertz CT molecular complexity index is 810. The van der Waals surface area contributed by atoms with E-state index in [0.717, 1.165) is 21.5 Å². The van der Waals surface area contributed by atoms with Crippen molar-refractivity contribution >= 4 is 28.9 Å². The molecule has 102 valence electrons. The molecule has 0 aliphatic carbocycles. The van der Waals surface area contributed by atoms with Gasteiger partial charge in [0, 0.05) is 25.5 Å². The molecule has 0 aliphatic rings. The lowest BCUT2D eigenvalue weighted by Crippen LogP contribution is -2.08. The van der Waals surface area contributed by atoms with Crippen molar-refractivity contribution in [3.63, 3.8) is 0 Å². The van der Waals surface area contributed by atoms with Crippen LogP contribution in [-0.2, 0) is 0 Å². The number of rotatable bonds is 2. The van der Waals surface area contributed by atoms with Gasteiger partial charge in [-0.1, -0.05) is 12.1 Å². The van der Waals surface area contributed by atoms with Crippen molar-refractivity contribution in [3.8, 4) is 5.69 Å². The van der Waals surface area contributed by atoms with Crippen LogP contribution in [-0.4, -0.2) is 23.6 Å². The first-order chi connectivity index (χ1) is 9.58. The van der Waals surface area contributed by atoms with Gasteiger partial charge in [-0.2, -0.15) is 0 Å². The fourth-order valence-corrected chi connectivity index (χ4v) is 2.78. The van der Waals surface area contributed by atoms with Gasteiger partial charge in [-0.05, 0) is 55.0 Å². The quantitative estimate of drug-likeness (QED) is 0.717. The summed E-state index contributed by atoms with van der Waals surface area (Å²) in [6.45, 7) is 2.11. The number of benzene rings is 2. The molecular formula is C16H17N3S. The van der Waals surface area contributed by atoms with Crippen LogP contribution in [0.4, 0.5) is 5.69 Å². The van der Waals surface area contributed by atoms with E-state index >= 15 is 0 Å². The molecule has 3 nitrogen and oxygen atoms in total. The summed E-state index contributed by atoms with van der Waals surface area (Å²) in [5, 5.41) is 0. The topological polar surface area (TPSA) is 24.0 Å². The number of fused-ring (bicyclic) bond motifs is 1. The number of nitrogens with zero attached hydrogens (tertiary/aromatic N) is 2. The van der Waals surface area contributed by atoms with Crippen LogP contribution in [0, 0.1) is 11.7 Å². The molecule has 3 aromatic rings. The summed E-state index contributed by atoms with van der Waals surface area (Å²) in [5.41, 5.74) is 5.70. The summed E-state index contributed by atoms with van der Waals surface area (Å²) in [5.74, 6) is 0. The van der Waals surface area contributed by atoms with E-state index in [0.29, 0.717) is 0 Å². The summed E-state index contributed by atoms with van der Waals surface area (Å²) in [6, 6.07) is 14.6. The molecular weight excluding hydrogens is 266 g/mol. The summed E-state index contributed by atoms with van der Waals surface area (Å²) in [7, 11) is 4.08. The molecule has 0 atom stereocenters. The largest absolute Gasteiger partial charge is 0.378 e. The monoisotopic (exact) mass is 283 g/mol. The SMILES string of the molecule is Cc1cccc2[nH]c(=S)n(-c3ccc(N(C)C)cc3)c12. The van der Waals surface area contributed by atoms with Crippen LogP contribution in [0.15, 0.2) is 42.5 Å². The first kappa shape index (κ1) is 12.9. The van der Waals surface area contributed by atoms with Crippen LogP contribution in [0.2, 0.25) is 0 Å². The first-order valence-electron chi connectivity index (χ1n) is 6.56. The number of H-pyrrole nitrogens is 1. The lowest BCUT2D eigenvalue weighted by Gasteiger charge is -2.13. The second-order valence-electron chi connectivity index (χ2n) is 5.15. The second kappa shape index (κ2) is 4.80. The van der Waals surface area contributed by atoms with Crippen LogP contribution in [0.1, 0.15) is 5.56 Å². The third-order valence-electron chi connectivity index (χ3n) is 3.53. The molecule has 0 fully saturated rings.